The lowest BCUT2D eigenvalue weighted by Gasteiger charge is -2.19. The number of carbonyl (C=O) groups is 1. The smallest absolute Gasteiger partial charge is 0.328 e. The monoisotopic (exact) mass is 413 g/mol. The van der Waals surface area contributed by atoms with E-state index in [1.807, 2.05) is 18.2 Å². The molecule has 0 spiro atoms. The summed E-state index contributed by atoms with van der Waals surface area (Å²) in [5, 5.41) is 0.605. The van der Waals surface area contributed by atoms with Gasteiger partial charge in [0.1, 0.15) is 5.75 Å². The molecule has 0 radical (unpaired) electrons. The van der Waals surface area contributed by atoms with E-state index in [-0.39, 0.29) is 23.7 Å². The lowest BCUT2D eigenvalue weighted by Crippen LogP contribution is -2.26. The molecule has 0 bridgehead atoms. The van der Waals surface area contributed by atoms with Crippen LogP contribution in [0.4, 0.5) is 0 Å². The minimum atomic E-state index is -0.226. The molecule has 0 aliphatic heterocycles. The number of para-hydroxylation sites is 1. The molecule has 1 amide bonds. The number of carbonyl (C=O) groups excluding carboxylic acids is 1. The minimum Gasteiger partial charge on any atom is -0.481 e. The molecule has 0 fully saturated rings. The largest absolute Gasteiger partial charge is 0.481 e. The Morgan fingerprint density at radius 1 is 1.00 bits per heavy atom. The highest BCUT2D eigenvalue weighted by atomic mass is 35.5. The van der Waals surface area contributed by atoms with E-state index in [1.165, 1.54) is 20.3 Å². The van der Waals surface area contributed by atoms with Crippen molar-refractivity contribution in [2.45, 2.75) is 6.54 Å². The fourth-order valence-electron chi connectivity index (χ4n) is 2.63. The fourth-order valence-corrected chi connectivity index (χ4v) is 2.82. The highest BCUT2D eigenvalue weighted by molar-refractivity contribution is 6.31. The van der Waals surface area contributed by atoms with Crippen LogP contribution in [-0.4, -0.2) is 42.0 Å². The molecule has 0 unspecified atom stereocenters. The summed E-state index contributed by atoms with van der Waals surface area (Å²) in [6.07, 6.45) is 0. The zero-order chi connectivity index (χ0) is 20.8. The number of methoxy groups -OCH3 is 2. The van der Waals surface area contributed by atoms with Gasteiger partial charge in [0.2, 0.25) is 11.8 Å². The number of ether oxygens (including phenoxy) is 3. The van der Waals surface area contributed by atoms with Gasteiger partial charge in [-0.25, -0.2) is 0 Å². The van der Waals surface area contributed by atoms with Crippen molar-refractivity contribution in [3.05, 3.63) is 70.7 Å². The van der Waals surface area contributed by atoms with Gasteiger partial charge < -0.3 is 19.1 Å². The lowest BCUT2D eigenvalue weighted by atomic mass is 10.1. The van der Waals surface area contributed by atoms with Crippen molar-refractivity contribution in [1.82, 2.24) is 14.9 Å². The molecule has 2 aromatic carbocycles. The second-order valence-electron chi connectivity index (χ2n) is 6.09. The standard InChI is InChI=1S/C21H20ClN3O4/c1-25(13-14-8-4-6-10-16(14)22)20(26)15-9-5-7-11-17(15)29-21-23-18(27-2)12-19(24-21)28-3/h4-12H,13H2,1-3H3. The number of benzene rings is 2. The van der Waals surface area contributed by atoms with E-state index in [9.17, 15) is 4.79 Å². The number of aromatic nitrogens is 2. The molecule has 1 aromatic heterocycles. The number of amides is 1. The van der Waals surface area contributed by atoms with Crippen LogP contribution in [0.1, 0.15) is 15.9 Å². The van der Waals surface area contributed by atoms with Crippen molar-refractivity contribution >= 4 is 17.5 Å². The third-order valence-corrected chi connectivity index (χ3v) is 4.48. The molecule has 0 saturated heterocycles. The van der Waals surface area contributed by atoms with E-state index in [2.05, 4.69) is 9.97 Å². The molecule has 29 heavy (non-hydrogen) atoms. The van der Waals surface area contributed by atoms with Crippen LogP contribution < -0.4 is 14.2 Å². The number of rotatable bonds is 7. The van der Waals surface area contributed by atoms with Crippen LogP contribution in [0.15, 0.2) is 54.6 Å². The Kier molecular flexibility index (Phi) is 6.51. The Balaban J connectivity index is 1.85. The van der Waals surface area contributed by atoms with Crippen LogP contribution in [0.5, 0.6) is 23.5 Å². The van der Waals surface area contributed by atoms with E-state index in [1.54, 1.807) is 42.3 Å². The minimum absolute atomic E-state index is 0.00945. The molecule has 3 rings (SSSR count). The first-order valence-corrected chi connectivity index (χ1v) is 9.12. The summed E-state index contributed by atoms with van der Waals surface area (Å²) in [5.41, 5.74) is 1.22. The van der Waals surface area contributed by atoms with Gasteiger partial charge in [0.15, 0.2) is 0 Å². The van der Waals surface area contributed by atoms with Gasteiger partial charge in [-0.3, -0.25) is 4.79 Å². The first-order valence-electron chi connectivity index (χ1n) is 8.74. The molecule has 7 nitrogen and oxygen atoms in total. The summed E-state index contributed by atoms with van der Waals surface area (Å²) in [5.74, 6) is 0.659. The van der Waals surface area contributed by atoms with Crippen molar-refractivity contribution in [2.24, 2.45) is 0 Å². The summed E-state index contributed by atoms with van der Waals surface area (Å²) in [6.45, 7) is 0.357. The first kappa shape index (κ1) is 20.4. The Morgan fingerprint density at radius 3 is 2.28 bits per heavy atom. The van der Waals surface area contributed by atoms with E-state index >= 15 is 0 Å². The van der Waals surface area contributed by atoms with Crippen LogP contribution in [0.3, 0.4) is 0 Å². The molecule has 0 saturated carbocycles. The maximum atomic E-state index is 13.0. The summed E-state index contributed by atoms with van der Waals surface area (Å²) < 4.78 is 16.0. The summed E-state index contributed by atoms with van der Waals surface area (Å²) in [4.78, 5) is 22.9. The van der Waals surface area contributed by atoms with E-state index in [4.69, 9.17) is 25.8 Å². The van der Waals surface area contributed by atoms with Crippen LogP contribution >= 0.6 is 11.6 Å². The number of nitrogens with zero attached hydrogens (tertiary/aromatic N) is 3. The molecule has 8 heteroatoms. The van der Waals surface area contributed by atoms with Gasteiger partial charge in [0, 0.05) is 18.6 Å². The second kappa shape index (κ2) is 9.25. The van der Waals surface area contributed by atoms with E-state index in [0.29, 0.717) is 22.9 Å². The first-order chi connectivity index (χ1) is 14.0. The van der Waals surface area contributed by atoms with E-state index < -0.39 is 0 Å². The SMILES string of the molecule is COc1cc(OC)nc(Oc2ccccc2C(=O)N(C)Cc2ccccc2Cl)n1. The van der Waals surface area contributed by atoms with Crippen LogP contribution in [0.25, 0.3) is 0 Å². The maximum absolute atomic E-state index is 13.0. The van der Waals surface area contributed by atoms with Crippen LogP contribution in [0, 0.1) is 0 Å². The summed E-state index contributed by atoms with van der Waals surface area (Å²) >= 11 is 6.21. The van der Waals surface area contributed by atoms with Gasteiger partial charge in [-0.05, 0) is 23.8 Å². The number of halogens is 1. The predicted octanol–water partition coefficient (Wildman–Crippen LogP) is 4.21. The van der Waals surface area contributed by atoms with Gasteiger partial charge in [-0.15, -0.1) is 0 Å². The lowest BCUT2D eigenvalue weighted by molar-refractivity contribution is 0.0782. The zero-order valence-corrected chi connectivity index (χ0v) is 17.0. The van der Waals surface area contributed by atoms with Crippen LogP contribution in [0.2, 0.25) is 5.02 Å². The Hall–Kier alpha value is -3.32. The number of hydrogen-bond donors (Lipinski definition) is 0. The van der Waals surface area contributed by atoms with E-state index in [0.717, 1.165) is 5.56 Å². The molecule has 150 valence electrons. The topological polar surface area (TPSA) is 73.8 Å². The third kappa shape index (κ3) is 4.94. The Morgan fingerprint density at radius 2 is 1.62 bits per heavy atom. The third-order valence-electron chi connectivity index (χ3n) is 4.11. The van der Waals surface area contributed by atoms with Crippen LogP contribution in [-0.2, 0) is 6.54 Å². The Labute approximate surface area is 173 Å². The Bertz CT molecular complexity index is 990. The highest BCUT2D eigenvalue weighted by Gasteiger charge is 2.19. The van der Waals surface area contributed by atoms with Gasteiger partial charge in [-0.2, -0.15) is 9.97 Å². The maximum Gasteiger partial charge on any atom is 0.328 e. The summed E-state index contributed by atoms with van der Waals surface area (Å²) in [6, 6.07) is 15.8. The molecule has 0 aliphatic carbocycles. The average molecular weight is 414 g/mol. The quantitative estimate of drug-likeness (QED) is 0.577. The molecule has 1 heterocycles. The van der Waals surface area contributed by atoms with Crippen molar-refractivity contribution in [1.29, 1.82) is 0 Å². The average Bonchev–Trinajstić information content (AvgIpc) is 2.74. The normalized spacial score (nSPS) is 10.3. The number of hydrogen-bond acceptors (Lipinski definition) is 6. The molecule has 3 aromatic rings. The highest BCUT2D eigenvalue weighted by Crippen LogP contribution is 2.27. The zero-order valence-electron chi connectivity index (χ0n) is 16.3. The molecule has 0 aliphatic rings. The van der Waals surface area contributed by atoms with Crippen molar-refractivity contribution < 1.29 is 19.0 Å². The fraction of sp³-hybridized carbons (Fsp3) is 0.190. The van der Waals surface area contributed by atoms with Crippen molar-refractivity contribution in [3.63, 3.8) is 0 Å². The van der Waals surface area contributed by atoms with Gasteiger partial charge in [-0.1, -0.05) is 41.9 Å². The van der Waals surface area contributed by atoms with Gasteiger partial charge in [0.05, 0.1) is 25.8 Å². The second-order valence-corrected chi connectivity index (χ2v) is 6.49. The molecule has 0 atom stereocenters. The summed E-state index contributed by atoms with van der Waals surface area (Å²) in [7, 11) is 4.66. The molecule has 0 N–H and O–H groups in total. The molecular formula is C21H20ClN3O4. The van der Waals surface area contributed by atoms with Gasteiger partial charge >= 0.3 is 6.01 Å². The van der Waals surface area contributed by atoms with Gasteiger partial charge in [0.25, 0.3) is 5.91 Å². The van der Waals surface area contributed by atoms with Crippen molar-refractivity contribution in [2.75, 3.05) is 21.3 Å². The molecular weight excluding hydrogens is 394 g/mol. The predicted molar refractivity (Wildman–Crippen MR) is 109 cm³/mol. The van der Waals surface area contributed by atoms with Crippen molar-refractivity contribution in [3.8, 4) is 23.5 Å².